The average Bonchev–Trinajstić information content (AvgIpc) is 3.80. The zero-order valence-corrected chi connectivity index (χ0v) is 26.8. The van der Waals surface area contributed by atoms with Crippen molar-refractivity contribution in [1.82, 2.24) is 20.4 Å². The van der Waals surface area contributed by atoms with Crippen LogP contribution in [-0.4, -0.2) is 89.0 Å². The van der Waals surface area contributed by atoms with Gasteiger partial charge in [-0.1, -0.05) is 43.1 Å². The molecule has 1 aliphatic heterocycles. The topological polar surface area (TPSA) is 102 Å². The van der Waals surface area contributed by atoms with Crippen LogP contribution < -0.4 is 10.6 Å². The summed E-state index contributed by atoms with van der Waals surface area (Å²) >= 11 is 13.7. The first-order valence-corrected chi connectivity index (χ1v) is 16.6. The lowest BCUT2D eigenvalue weighted by molar-refractivity contribution is -0.136. The summed E-state index contributed by atoms with van der Waals surface area (Å²) in [6.07, 6.45) is 6.82. The van der Waals surface area contributed by atoms with Crippen molar-refractivity contribution in [2.45, 2.75) is 56.7 Å². The fourth-order valence-electron chi connectivity index (χ4n) is 6.68. The number of allylic oxidation sites excluding steroid dienone is 1. The molecule has 2 saturated carbocycles. The minimum Gasteiger partial charge on any atom is -0.391 e. The van der Waals surface area contributed by atoms with Gasteiger partial charge in [0.25, 0.3) is 5.91 Å². The number of ketones is 1. The van der Waals surface area contributed by atoms with Gasteiger partial charge in [-0.3, -0.25) is 19.3 Å². The van der Waals surface area contributed by atoms with Gasteiger partial charge in [-0.25, -0.2) is 0 Å². The van der Waals surface area contributed by atoms with E-state index in [9.17, 15) is 19.5 Å². The van der Waals surface area contributed by atoms with Gasteiger partial charge in [-0.15, -0.1) is 11.3 Å². The van der Waals surface area contributed by atoms with Gasteiger partial charge in [0.2, 0.25) is 5.91 Å². The Balaban J connectivity index is 1.05. The number of benzene rings is 1. The van der Waals surface area contributed by atoms with Crippen LogP contribution in [0.4, 0.5) is 0 Å². The van der Waals surface area contributed by atoms with E-state index in [0.717, 1.165) is 17.7 Å². The van der Waals surface area contributed by atoms with E-state index < -0.39 is 17.2 Å². The minimum absolute atomic E-state index is 0.00477. The minimum atomic E-state index is -0.855. The summed E-state index contributed by atoms with van der Waals surface area (Å²) in [5.74, 6) is 0.0690. The zero-order chi connectivity index (χ0) is 30.5. The number of hydrogen-bond acceptors (Lipinski definition) is 7. The molecule has 1 saturated heterocycles. The van der Waals surface area contributed by atoms with E-state index in [-0.39, 0.29) is 36.0 Å². The number of rotatable bonds is 10. The Bertz CT molecular complexity index is 1470. The molecule has 3 unspecified atom stereocenters. The first-order valence-electron chi connectivity index (χ1n) is 15.1. The number of hydrogen-bond donors (Lipinski definition) is 3. The molecular weight excluding hydrogens is 607 g/mol. The van der Waals surface area contributed by atoms with Crippen LogP contribution >= 0.6 is 34.5 Å². The molecule has 4 aliphatic rings. The van der Waals surface area contributed by atoms with Gasteiger partial charge in [-0.2, -0.15) is 0 Å². The van der Waals surface area contributed by atoms with Crippen LogP contribution in [0.15, 0.2) is 30.3 Å². The maximum Gasteiger partial charge on any atom is 0.262 e. The molecule has 3 fully saturated rings. The molecule has 0 spiro atoms. The second-order valence-electron chi connectivity index (χ2n) is 12.8. The van der Waals surface area contributed by atoms with Gasteiger partial charge >= 0.3 is 0 Å². The van der Waals surface area contributed by atoms with E-state index in [2.05, 4.69) is 41.5 Å². The van der Waals surface area contributed by atoms with Gasteiger partial charge in [0.1, 0.15) is 5.54 Å². The van der Waals surface area contributed by atoms with Crippen molar-refractivity contribution >= 4 is 58.2 Å². The SMILES string of the molecule is CC(C)[C@@H]1CC1(NC(=O)c1cc2c(s1)C=CCC2)C(=O)N1CCN(CC2(NCC(=O)c3ccc(Cl)cc3Cl)CC2O)CC1. The van der Waals surface area contributed by atoms with Crippen LogP contribution in [0.1, 0.15) is 63.6 Å². The second kappa shape index (κ2) is 11.9. The van der Waals surface area contributed by atoms with E-state index in [1.54, 1.807) is 18.2 Å². The van der Waals surface area contributed by atoms with Crippen molar-refractivity contribution in [1.29, 1.82) is 0 Å². The van der Waals surface area contributed by atoms with Crippen LogP contribution in [0.2, 0.25) is 10.0 Å². The molecule has 3 N–H and O–H groups in total. The summed E-state index contributed by atoms with van der Waals surface area (Å²) in [6, 6.07) is 6.78. The smallest absolute Gasteiger partial charge is 0.262 e. The summed E-state index contributed by atoms with van der Waals surface area (Å²) in [6.45, 7) is 7.24. The summed E-state index contributed by atoms with van der Waals surface area (Å²) in [5, 5.41) is 17.7. The van der Waals surface area contributed by atoms with Crippen LogP contribution in [-0.2, 0) is 11.2 Å². The van der Waals surface area contributed by atoms with Gasteiger partial charge in [-0.05, 0) is 73.4 Å². The van der Waals surface area contributed by atoms with Crippen molar-refractivity contribution < 1.29 is 19.5 Å². The van der Waals surface area contributed by atoms with Crippen molar-refractivity contribution in [3.8, 4) is 0 Å². The number of thiophene rings is 1. The number of carbonyl (C=O) groups is 3. The lowest BCUT2D eigenvalue weighted by Crippen LogP contribution is -2.59. The number of Topliss-reactive ketones (excluding diaryl/α,β-unsaturated/α-hetero) is 1. The zero-order valence-electron chi connectivity index (χ0n) is 24.5. The van der Waals surface area contributed by atoms with E-state index >= 15 is 0 Å². The van der Waals surface area contributed by atoms with Gasteiger partial charge < -0.3 is 20.6 Å². The molecule has 1 aromatic carbocycles. The fraction of sp³-hybridized carbons (Fsp3) is 0.531. The van der Waals surface area contributed by atoms with Crippen LogP contribution in [0.25, 0.3) is 6.08 Å². The monoisotopic (exact) mass is 644 g/mol. The van der Waals surface area contributed by atoms with Crippen LogP contribution in [0.3, 0.4) is 0 Å². The summed E-state index contributed by atoms with van der Waals surface area (Å²) in [4.78, 5) is 46.1. The Morgan fingerprint density at radius 3 is 2.49 bits per heavy atom. The number of nitrogens with zero attached hydrogens (tertiary/aromatic N) is 2. The maximum absolute atomic E-state index is 14.0. The van der Waals surface area contributed by atoms with Gasteiger partial charge in [0.05, 0.1) is 28.1 Å². The summed E-state index contributed by atoms with van der Waals surface area (Å²) in [7, 11) is 0. The van der Waals surface area contributed by atoms with Crippen molar-refractivity contribution in [3.05, 3.63) is 61.3 Å². The van der Waals surface area contributed by atoms with Gasteiger partial charge in [0.15, 0.2) is 5.78 Å². The summed E-state index contributed by atoms with van der Waals surface area (Å²) < 4.78 is 0. The first kappa shape index (κ1) is 30.7. The number of aliphatic hydroxyl groups excluding tert-OH is 1. The van der Waals surface area contributed by atoms with E-state index in [0.29, 0.717) is 66.1 Å². The van der Waals surface area contributed by atoms with E-state index in [1.807, 2.05) is 11.0 Å². The molecule has 4 atom stereocenters. The molecule has 6 rings (SSSR count). The maximum atomic E-state index is 14.0. The molecule has 3 aliphatic carbocycles. The highest BCUT2D eigenvalue weighted by atomic mass is 35.5. The Labute approximate surface area is 266 Å². The standard InChI is InChI=1S/C32H38Cl2N4O4S/c1-19(2)23-15-32(23,36-29(41)27-13-20-5-3-4-6-26(20)43-27)30(42)38-11-9-37(10-12-38)18-31(16-28(31)40)35-17-25(39)22-8-7-21(33)14-24(22)34/h4,6-8,13-14,19,23,28,35,40H,3,5,9-12,15-18H2,1-2H3,(H,36,41)/t23-,28?,31?,32?/m0/s1. The molecular formula is C32H38Cl2N4O4S. The summed E-state index contributed by atoms with van der Waals surface area (Å²) in [5.41, 5.74) is 0.181. The third kappa shape index (κ3) is 6.17. The second-order valence-corrected chi connectivity index (χ2v) is 14.7. The number of halogens is 2. The molecule has 2 aromatic rings. The lowest BCUT2D eigenvalue weighted by atomic mass is 10.0. The Morgan fingerprint density at radius 2 is 1.86 bits per heavy atom. The fourth-order valence-corrected chi connectivity index (χ4v) is 8.23. The van der Waals surface area contributed by atoms with Crippen LogP contribution in [0.5, 0.6) is 0 Å². The number of piperazine rings is 1. The number of fused-ring (bicyclic) bond motifs is 1. The molecule has 8 nitrogen and oxygen atoms in total. The molecule has 11 heteroatoms. The first-order chi connectivity index (χ1) is 20.5. The highest BCUT2D eigenvalue weighted by Crippen LogP contribution is 2.50. The van der Waals surface area contributed by atoms with Crippen LogP contribution in [0, 0.1) is 11.8 Å². The highest BCUT2D eigenvalue weighted by Gasteiger charge is 2.63. The Morgan fingerprint density at radius 1 is 1.12 bits per heavy atom. The predicted molar refractivity (Wildman–Crippen MR) is 170 cm³/mol. The van der Waals surface area contributed by atoms with Crippen molar-refractivity contribution in [2.75, 3.05) is 39.3 Å². The molecule has 1 aromatic heterocycles. The van der Waals surface area contributed by atoms with Crippen molar-refractivity contribution in [2.24, 2.45) is 11.8 Å². The predicted octanol–water partition coefficient (Wildman–Crippen LogP) is 4.28. The number of amides is 2. The number of aryl methyl sites for hydroxylation is 1. The molecule has 230 valence electrons. The number of carbonyl (C=O) groups excluding carboxylic acids is 3. The normalized spacial score (nSPS) is 28.1. The molecule has 2 amide bonds. The largest absolute Gasteiger partial charge is 0.391 e. The molecule has 0 bridgehead atoms. The Kier molecular flexibility index (Phi) is 8.52. The number of nitrogens with one attached hydrogen (secondary N) is 2. The van der Waals surface area contributed by atoms with Gasteiger partial charge in [0, 0.05) is 48.2 Å². The third-order valence-corrected chi connectivity index (χ3v) is 11.2. The van der Waals surface area contributed by atoms with E-state index in [4.69, 9.17) is 23.2 Å². The quantitative estimate of drug-likeness (QED) is 0.334. The molecule has 2 heterocycles. The lowest BCUT2D eigenvalue weighted by Gasteiger charge is -2.38. The van der Waals surface area contributed by atoms with Crippen molar-refractivity contribution in [3.63, 3.8) is 0 Å². The Hall–Kier alpha value is -2.27. The molecule has 0 radical (unpaired) electrons. The van der Waals surface area contributed by atoms with E-state index in [1.165, 1.54) is 16.9 Å². The molecule has 43 heavy (non-hydrogen) atoms. The highest BCUT2D eigenvalue weighted by molar-refractivity contribution is 7.15. The average molecular weight is 646 g/mol. The third-order valence-electron chi connectivity index (χ3n) is 9.49. The number of aliphatic hydroxyl groups is 1.